The molecule has 0 saturated heterocycles. The number of rotatable bonds is 7. The summed E-state index contributed by atoms with van der Waals surface area (Å²) in [6, 6.07) is 6.35. The summed E-state index contributed by atoms with van der Waals surface area (Å²) >= 11 is 0. The number of ether oxygens (including phenoxy) is 1. The topological polar surface area (TPSA) is 83.0 Å². The second-order valence-corrected chi connectivity index (χ2v) is 5.14. The number of hydrogen-bond donors (Lipinski definition) is 1. The van der Waals surface area contributed by atoms with Gasteiger partial charge in [0.1, 0.15) is 11.6 Å². The lowest BCUT2D eigenvalue weighted by atomic mass is 10.2. The Morgan fingerprint density at radius 3 is 2.67 bits per heavy atom. The summed E-state index contributed by atoms with van der Waals surface area (Å²) in [5.41, 5.74) is 5.68. The van der Waals surface area contributed by atoms with Gasteiger partial charge in [-0.2, -0.15) is 13.2 Å². The minimum Gasteiger partial charge on any atom is -0.484 e. The molecule has 2 rings (SSSR count). The Bertz CT molecular complexity index is 713. The Balaban J connectivity index is 2.26. The fourth-order valence-electron chi connectivity index (χ4n) is 2.11. The van der Waals surface area contributed by atoms with Crippen LogP contribution >= 0.6 is 0 Å². The van der Waals surface area contributed by atoms with E-state index in [0.29, 0.717) is 17.8 Å². The van der Waals surface area contributed by atoms with Crippen LogP contribution in [0.25, 0.3) is 0 Å². The molecule has 0 aliphatic carbocycles. The number of benzene rings is 1. The molecule has 1 amide bonds. The maximum absolute atomic E-state index is 12.4. The van der Waals surface area contributed by atoms with Crippen LogP contribution in [0.4, 0.5) is 13.2 Å². The molecule has 0 radical (unpaired) electrons. The Hall–Kier alpha value is -2.58. The van der Waals surface area contributed by atoms with Crippen molar-refractivity contribution in [2.75, 3.05) is 6.61 Å². The lowest BCUT2D eigenvalue weighted by Gasteiger charge is -2.13. The number of hydrogen-bond acceptors (Lipinski definition) is 4. The number of nitrogens with two attached hydrogens (primary N) is 1. The van der Waals surface area contributed by atoms with E-state index < -0.39 is 18.7 Å². The first-order chi connectivity index (χ1) is 11.3. The second-order valence-electron chi connectivity index (χ2n) is 5.14. The van der Waals surface area contributed by atoms with Crippen molar-refractivity contribution in [3.63, 3.8) is 0 Å². The molecule has 0 spiro atoms. The van der Waals surface area contributed by atoms with Crippen LogP contribution in [-0.4, -0.2) is 33.5 Å². The first-order valence-corrected chi connectivity index (χ1v) is 7.31. The Kier molecular flexibility index (Phi) is 5.42. The van der Waals surface area contributed by atoms with Crippen LogP contribution in [0, 0.1) is 0 Å². The van der Waals surface area contributed by atoms with Gasteiger partial charge in [-0.15, -0.1) is 5.10 Å². The van der Waals surface area contributed by atoms with E-state index in [1.54, 1.807) is 18.2 Å². The summed E-state index contributed by atoms with van der Waals surface area (Å²) in [5.74, 6) is -0.231. The van der Waals surface area contributed by atoms with Gasteiger partial charge in [-0.25, -0.2) is 9.67 Å². The van der Waals surface area contributed by atoms with Gasteiger partial charge in [-0.05, 0) is 12.5 Å². The number of alkyl halides is 3. The summed E-state index contributed by atoms with van der Waals surface area (Å²) < 4.78 is 43.4. The van der Waals surface area contributed by atoms with Crippen molar-refractivity contribution in [3.8, 4) is 5.75 Å². The first kappa shape index (κ1) is 17.8. The zero-order valence-electron chi connectivity index (χ0n) is 13.0. The molecule has 1 heterocycles. The molecule has 130 valence electrons. The van der Waals surface area contributed by atoms with E-state index in [0.717, 1.165) is 6.42 Å². The normalized spacial score (nSPS) is 11.5. The van der Waals surface area contributed by atoms with Gasteiger partial charge >= 0.3 is 6.18 Å². The van der Waals surface area contributed by atoms with Gasteiger partial charge in [-0.3, -0.25) is 4.79 Å². The molecule has 2 aromatic rings. The Morgan fingerprint density at radius 1 is 1.33 bits per heavy atom. The van der Waals surface area contributed by atoms with Crippen LogP contribution < -0.4 is 10.5 Å². The van der Waals surface area contributed by atoms with Crippen molar-refractivity contribution in [2.45, 2.75) is 32.5 Å². The molecular formula is C15H17F3N4O2. The van der Waals surface area contributed by atoms with E-state index in [1.807, 2.05) is 6.92 Å². The number of para-hydroxylation sites is 1. The highest BCUT2D eigenvalue weighted by molar-refractivity contribution is 5.88. The van der Waals surface area contributed by atoms with E-state index in [1.165, 1.54) is 10.7 Å². The number of nitrogens with zero attached hydrogens (tertiary/aromatic N) is 3. The molecule has 0 bridgehead atoms. The molecule has 0 aliphatic rings. The van der Waals surface area contributed by atoms with Gasteiger partial charge in [0.05, 0.1) is 6.54 Å². The van der Waals surface area contributed by atoms with Crippen LogP contribution in [0.2, 0.25) is 0 Å². The number of amides is 1. The average molecular weight is 342 g/mol. The SMILES string of the molecule is CCCc1nc(C(N)=O)nn1Cc1ccccc1OCC(F)(F)F. The minimum absolute atomic E-state index is 0.105. The highest BCUT2D eigenvalue weighted by Gasteiger charge is 2.28. The predicted octanol–water partition coefficient (Wildman–Crippen LogP) is 2.32. The predicted molar refractivity (Wildman–Crippen MR) is 79.6 cm³/mol. The zero-order chi connectivity index (χ0) is 17.7. The fourth-order valence-corrected chi connectivity index (χ4v) is 2.11. The van der Waals surface area contributed by atoms with Crippen LogP contribution in [0.3, 0.4) is 0 Å². The molecule has 1 aromatic carbocycles. The number of carbonyl (C=O) groups is 1. The maximum atomic E-state index is 12.4. The molecule has 0 aliphatic heterocycles. The Morgan fingerprint density at radius 2 is 2.04 bits per heavy atom. The molecule has 0 fully saturated rings. The molecule has 1 aromatic heterocycles. The van der Waals surface area contributed by atoms with Crippen LogP contribution in [-0.2, 0) is 13.0 Å². The third-order valence-corrected chi connectivity index (χ3v) is 3.13. The van der Waals surface area contributed by atoms with Crippen molar-refractivity contribution in [2.24, 2.45) is 5.73 Å². The van der Waals surface area contributed by atoms with Crippen molar-refractivity contribution < 1.29 is 22.7 Å². The number of aromatic nitrogens is 3. The Labute approximate surface area is 136 Å². The van der Waals surface area contributed by atoms with E-state index in [4.69, 9.17) is 10.5 Å². The summed E-state index contributed by atoms with van der Waals surface area (Å²) in [6.07, 6.45) is -3.10. The standard InChI is InChI=1S/C15H17F3N4O2/c1-2-5-12-20-14(13(19)23)21-22(12)8-10-6-3-4-7-11(10)24-9-15(16,17)18/h3-4,6-7H,2,5,8-9H2,1H3,(H2,19,23). The van der Waals surface area contributed by atoms with E-state index in [-0.39, 0.29) is 18.1 Å². The molecule has 6 nitrogen and oxygen atoms in total. The summed E-state index contributed by atoms with van der Waals surface area (Å²) in [7, 11) is 0. The quantitative estimate of drug-likeness (QED) is 0.837. The van der Waals surface area contributed by atoms with Crippen molar-refractivity contribution in [1.29, 1.82) is 0 Å². The monoisotopic (exact) mass is 342 g/mol. The largest absolute Gasteiger partial charge is 0.484 e. The van der Waals surface area contributed by atoms with Crippen LogP contribution in [0.5, 0.6) is 5.75 Å². The number of primary amides is 1. The van der Waals surface area contributed by atoms with Crippen molar-refractivity contribution in [1.82, 2.24) is 14.8 Å². The lowest BCUT2D eigenvalue weighted by molar-refractivity contribution is -0.153. The fraction of sp³-hybridized carbons (Fsp3) is 0.400. The van der Waals surface area contributed by atoms with Gasteiger partial charge in [0.2, 0.25) is 5.82 Å². The molecular weight excluding hydrogens is 325 g/mol. The minimum atomic E-state index is -4.42. The third kappa shape index (κ3) is 4.71. The van der Waals surface area contributed by atoms with E-state index >= 15 is 0 Å². The molecule has 0 atom stereocenters. The lowest BCUT2D eigenvalue weighted by Crippen LogP contribution is -2.20. The molecule has 0 saturated carbocycles. The van der Waals surface area contributed by atoms with E-state index in [9.17, 15) is 18.0 Å². The molecule has 2 N–H and O–H groups in total. The highest BCUT2D eigenvalue weighted by Crippen LogP contribution is 2.23. The smallest absolute Gasteiger partial charge is 0.422 e. The van der Waals surface area contributed by atoms with Gasteiger partial charge in [0.25, 0.3) is 5.91 Å². The highest BCUT2D eigenvalue weighted by atomic mass is 19.4. The molecule has 9 heteroatoms. The van der Waals surface area contributed by atoms with Gasteiger partial charge in [0, 0.05) is 12.0 Å². The molecule has 24 heavy (non-hydrogen) atoms. The number of halogens is 3. The van der Waals surface area contributed by atoms with E-state index in [2.05, 4.69) is 10.1 Å². The zero-order valence-corrected chi connectivity index (χ0v) is 13.0. The van der Waals surface area contributed by atoms with Crippen LogP contribution in [0.1, 0.15) is 35.4 Å². The van der Waals surface area contributed by atoms with Crippen LogP contribution in [0.15, 0.2) is 24.3 Å². The summed E-state index contributed by atoms with van der Waals surface area (Å²) in [5, 5.41) is 4.03. The third-order valence-electron chi connectivity index (χ3n) is 3.13. The first-order valence-electron chi connectivity index (χ1n) is 7.31. The maximum Gasteiger partial charge on any atom is 0.422 e. The van der Waals surface area contributed by atoms with Gasteiger partial charge < -0.3 is 10.5 Å². The number of aryl methyl sites for hydroxylation is 1. The van der Waals surface area contributed by atoms with Crippen molar-refractivity contribution >= 4 is 5.91 Å². The number of carbonyl (C=O) groups excluding carboxylic acids is 1. The van der Waals surface area contributed by atoms with Gasteiger partial charge in [0.15, 0.2) is 6.61 Å². The molecule has 0 unspecified atom stereocenters. The van der Waals surface area contributed by atoms with Crippen molar-refractivity contribution in [3.05, 3.63) is 41.5 Å². The summed E-state index contributed by atoms with van der Waals surface area (Å²) in [6.45, 7) is 0.683. The van der Waals surface area contributed by atoms with Gasteiger partial charge in [-0.1, -0.05) is 25.1 Å². The average Bonchev–Trinajstić information content (AvgIpc) is 2.89. The summed E-state index contributed by atoms with van der Waals surface area (Å²) in [4.78, 5) is 15.3. The second kappa shape index (κ2) is 7.33.